The number of nitrogens with zero attached hydrogens (tertiary/aromatic N) is 2. The fourth-order valence-electron chi connectivity index (χ4n) is 2.19. The molecule has 2 aromatic rings. The van der Waals surface area contributed by atoms with Crippen molar-refractivity contribution in [2.45, 2.75) is 13.1 Å². The summed E-state index contributed by atoms with van der Waals surface area (Å²) < 4.78 is 5.78. The maximum Gasteiger partial charge on any atom is 0.185 e. The molecular weight excluding hydrogens is 258 g/mol. The van der Waals surface area contributed by atoms with Gasteiger partial charge >= 0.3 is 0 Å². The molecule has 1 aliphatic rings. The number of thiazole rings is 1. The summed E-state index contributed by atoms with van der Waals surface area (Å²) in [5.74, 6) is 0.997. The van der Waals surface area contributed by atoms with Gasteiger partial charge in [-0.3, -0.25) is 0 Å². The van der Waals surface area contributed by atoms with Crippen molar-refractivity contribution >= 4 is 16.5 Å². The minimum atomic E-state index is 0.706. The highest BCUT2D eigenvalue weighted by atomic mass is 32.1. The van der Waals surface area contributed by atoms with Crippen molar-refractivity contribution in [2.24, 2.45) is 0 Å². The van der Waals surface area contributed by atoms with Crippen molar-refractivity contribution in [1.82, 2.24) is 10.3 Å². The molecule has 4 nitrogen and oxygen atoms in total. The van der Waals surface area contributed by atoms with Crippen molar-refractivity contribution in [3.05, 3.63) is 40.9 Å². The molecule has 5 heteroatoms. The van der Waals surface area contributed by atoms with Crippen molar-refractivity contribution < 1.29 is 4.74 Å². The first-order valence-electron chi connectivity index (χ1n) is 6.41. The van der Waals surface area contributed by atoms with Gasteiger partial charge in [0.05, 0.1) is 12.2 Å². The summed E-state index contributed by atoms with van der Waals surface area (Å²) in [4.78, 5) is 6.95. The number of para-hydroxylation sites is 1. The number of hydrogen-bond donors (Lipinski definition) is 1. The van der Waals surface area contributed by atoms with Gasteiger partial charge in [0.15, 0.2) is 5.13 Å². The molecule has 0 saturated heterocycles. The Labute approximate surface area is 117 Å². The molecule has 0 fully saturated rings. The van der Waals surface area contributed by atoms with Gasteiger partial charge in [0.1, 0.15) is 12.4 Å². The van der Waals surface area contributed by atoms with E-state index >= 15 is 0 Å². The smallest absolute Gasteiger partial charge is 0.185 e. The molecule has 0 saturated carbocycles. The van der Waals surface area contributed by atoms with E-state index in [-0.39, 0.29) is 0 Å². The monoisotopic (exact) mass is 275 g/mol. The van der Waals surface area contributed by atoms with Crippen LogP contribution in [-0.4, -0.2) is 25.2 Å². The molecular formula is C14H17N3OS. The van der Waals surface area contributed by atoms with Gasteiger partial charge in [0.25, 0.3) is 0 Å². The highest BCUT2D eigenvalue weighted by molar-refractivity contribution is 7.13. The number of rotatable bonds is 3. The van der Waals surface area contributed by atoms with Crippen LogP contribution >= 0.6 is 11.3 Å². The number of aromatic nitrogens is 1. The summed E-state index contributed by atoms with van der Waals surface area (Å²) >= 11 is 1.70. The maximum absolute atomic E-state index is 5.78. The van der Waals surface area contributed by atoms with Gasteiger partial charge in [0.2, 0.25) is 0 Å². The summed E-state index contributed by atoms with van der Waals surface area (Å²) in [5, 5.41) is 6.32. The maximum atomic E-state index is 5.78. The predicted molar refractivity (Wildman–Crippen MR) is 77.9 cm³/mol. The topological polar surface area (TPSA) is 37.4 Å². The van der Waals surface area contributed by atoms with Crippen molar-refractivity contribution in [3.63, 3.8) is 0 Å². The van der Waals surface area contributed by atoms with E-state index in [9.17, 15) is 0 Å². The number of nitrogens with one attached hydrogen (secondary N) is 1. The molecule has 0 amide bonds. The van der Waals surface area contributed by atoms with Gasteiger partial charge in [-0.15, -0.1) is 11.3 Å². The van der Waals surface area contributed by atoms with Crippen LogP contribution in [0.5, 0.6) is 5.75 Å². The lowest BCUT2D eigenvalue weighted by Gasteiger charge is -2.18. The highest BCUT2D eigenvalue weighted by Gasteiger charge is 2.17. The van der Waals surface area contributed by atoms with Crippen LogP contribution in [0.4, 0.5) is 5.13 Å². The summed E-state index contributed by atoms with van der Waals surface area (Å²) in [6.07, 6.45) is 0. The van der Waals surface area contributed by atoms with Crippen LogP contribution in [0.1, 0.15) is 11.3 Å². The van der Waals surface area contributed by atoms with Crippen LogP contribution in [0.15, 0.2) is 29.6 Å². The molecule has 1 aromatic carbocycles. The van der Waals surface area contributed by atoms with Crippen molar-refractivity contribution in [1.29, 1.82) is 0 Å². The van der Waals surface area contributed by atoms with E-state index in [0.29, 0.717) is 6.61 Å². The molecule has 0 radical (unpaired) electrons. The van der Waals surface area contributed by atoms with E-state index in [4.69, 9.17) is 4.74 Å². The van der Waals surface area contributed by atoms with E-state index in [1.165, 1.54) is 5.56 Å². The first-order chi connectivity index (χ1) is 9.36. The average Bonchev–Trinajstić information content (AvgIpc) is 2.78. The van der Waals surface area contributed by atoms with Crippen LogP contribution < -0.4 is 15.0 Å². The Morgan fingerprint density at radius 1 is 1.42 bits per heavy atom. The second kappa shape index (κ2) is 5.59. The second-order valence-electron chi connectivity index (χ2n) is 4.53. The predicted octanol–water partition coefficient (Wildman–Crippen LogP) is 2.26. The third-order valence-electron chi connectivity index (χ3n) is 3.12. The van der Waals surface area contributed by atoms with Crippen LogP contribution in [-0.2, 0) is 13.1 Å². The quantitative estimate of drug-likeness (QED) is 0.932. The zero-order chi connectivity index (χ0) is 13.1. The zero-order valence-electron chi connectivity index (χ0n) is 10.9. The SMILES string of the molecule is CNCc1csc(N2CCOc3ccccc3C2)n1. The van der Waals surface area contributed by atoms with Gasteiger partial charge in [0, 0.05) is 24.0 Å². The molecule has 1 N–H and O–H groups in total. The number of anilines is 1. The fraction of sp³-hybridized carbons (Fsp3) is 0.357. The summed E-state index contributed by atoms with van der Waals surface area (Å²) in [5.41, 5.74) is 2.33. The Bertz CT molecular complexity index is 555. The molecule has 2 heterocycles. The normalized spacial score (nSPS) is 14.7. The summed E-state index contributed by atoms with van der Waals surface area (Å²) in [7, 11) is 1.94. The molecule has 3 rings (SSSR count). The average molecular weight is 275 g/mol. The van der Waals surface area contributed by atoms with Crippen LogP contribution in [0, 0.1) is 0 Å². The first kappa shape index (κ1) is 12.4. The molecule has 0 atom stereocenters. The third kappa shape index (κ3) is 2.72. The number of benzene rings is 1. The Kier molecular flexibility index (Phi) is 3.66. The first-order valence-corrected chi connectivity index (χ1v) is 7.29. The Hall–Kier alpha value is -1.59. The summed E-state index contributed by atoms with van der Waals surface area (Å²) in [6.45, 7) is 3.26. The van der Waals surface area contributed by atoms with Crippen molar-refractivity contribution in [2.75, 3.05) is 25.1 Å². The molecule has 100 valence electrons. The largest absolute Gasteiger partial charge is 0.491 e. The molecule has 0 spiro atoms. The summed E-state index contributed by atoms with van der Waals surface area (Å²) in [6, 6.07) is 8.23. The number of hydrogen-bond acceptors (Lipinski definition) is 5. The van der Waals surface area contributed by atoms with E-state index in [0.717, 1.165) is 36.2 Å². The molecule has 1 aromatic heterocycles. The lowest BCUT2D eigenvalue weighted by molar-refractivity contribution is 0.331. The Balaban J connectivity index is 1.81. The van der Waals surface area contributed by atoms with E-state index < -0.39 is 0 Å². The van der Waals surface area contributed by atoms with Gasteiger partial charge in [-0.05, 0) is 13.1 Å². The lowest BCUT2D eigenvalue weighted by Crippen LogP contribution is -2.25. The van der Waals surface area contributed by atoms with E-state index in [1.807, 2.05) is 19.2 Å². The van der Waals surface area contributed by atoms with Gasteiger partial charge in [-0.1, -0.05) is 18.2 Å². The van der Waals surface area contributed by atoms with Crippen molar-refractivity contribution in [3.8, 4) is 5.75 Å². The number of ether oxygens (including phenoxy) is 1. The minimum absolute atomic E-state index is 0.706. The van der Waals surface area contributed by atoms with Gasteiger partial charge < -0.3 is 15.0 Å². The molecule has 0 aliphatic carbocycles. The zero-order valence-corrected chi connectivity index (χ0v) is 11.7. The fourth-order valence-corrected chi connectivity index (χ4v) is 3.05. The Morgan fingerprint density at radius 2 is 2.32 bits per heavy atom. The minimum Gasteiger partial charge on any atom is -0.491 e. The molecule has 0 unspecified atom stereocenters. The lowest BCUT2D eigenvalue weighted by atomic mass is 10.2. The molecule has 1 aliphatic heterocycles. The van der Waals surface area contributed by atoms with Gasteiger partial charge in [-0.2, -0.15) is 0 Å². The number of fused-ring (bicyclic) bond motifs is 1. The standard InChI is InChI=1S/C14H17N3OS/c1-15-8-12-10-19-14(16-12)17-6-7-18-13-5-3-2-4-11(13)9-17/h2-5,10,15H,6-9H2,1H3. The van der Waals surface area contributed by atoms with Gasteiger partial charge in [-0.25, -0.2) is 4.98 Å². The molecule has 0 bridgehead atoms. The highest BCUT2D eigenvalue weighted by Crippen LogP contribution is 2.27. The van der Waals surface area contributed by atoms with E-state index in [2.05, 4.69) is 32.7 Å². The van der Waals surface area contributed by atoms with Crippen LogP contribution in [0.3, 0.4) is 0 Å². The molecule has 19 heavy (non-hydrogen) atoms. The third-order valence-corrected chi connectivity index (χ3v) is 4.07. The van der Waals surface area contributed by atoms with Crippen LogP contribution in [0.25, 0.3) is 0 Å². The van der Waals surface area contributed by atoms with E-state index in [1.54, 1.807) is 11.3 Å². The second-order valence-corrected chi connectivity index (χ2v) is 5.37. The Morgan fingerprint density at radius 3 is 3.21 bits per heavy atom. The van der Waals surface area contributed by atoms with Crippen LogP contribution in [0.2, 0.25) is 0 Å².